The molecule has 86 valence electrons. The van der Waals surface area contributed by atoms with Gasteiger partial charge in [-0.3, -0.25) is 0 Å². The summed E-state index contributed by atoms with van der Waals surface area (Å²) in [7, 11) is 0. The van der Waals surface area contributed by atoms with E-state index in [1.54, 1.807) is 0 Å². The number of hydrogen-bond donors (Lipinski definition) is 1. The molecule has 1 aliphatic rings. The van der Waals surface area contributed by atoms with Gasteiger partial charge in [-0.05, 0) is 42.5 Å². The van der Waals surface area contributed by atoms with E-state index in [1.807, 2.05) is 18.2 Å². The van der Waals surface area contributed by atoms with Crippen LogP contribution in [0.4, 0.5) is 0 Å². The minimum absolute atomic E-state index is 0.0861. The molecule has 5 heteroatoms. The predicted octanol–water partition coefficient (Wildman–Crippen LogP) is 1.45. The molecule has 17 heavy (non-hydrogen) atoms. The molecule has 0 atom stereocenters. The van der Waals surface area contributed by atoms with Crippen molar-refractivity contribution in [2.75, 3.05) is 0 Å². The molecule has 1 aromatic heterocycles. The molecule has 3 rings (SSSR count). The van der Waals surface area contributed by atoms with Crippen LogP contribution in [0, 0.1) is 0 Å². The highest BCUT2D eigenvalue weighted by Gasteiger charge is 2.16. The summed E-state index contributed by atoms with van der Waals surface area (Å²) in [6, 6.07) is 5.94. The van der Waals surface area contributed by atoms with Crippen LogP contribution in [0.5, 0.6) is 0 Å². The van der Waals surface area contributed by atoms with Crippen molar-refractivity contribution in [2.24, 2.45) is 0 Å². The first kappa shape index (κ1) is 10.0. The summed E-state index contributed by atoms with van der Waals surface area (Å²) in [6.45, 7) is 0. The van der Waals surface area contributed by atoms with E-state index in [-0.39, 0.29) is 5.69 Å². The smallest absolute Gasteiger partial charge is 0.356 e. The van der Waals surface area contributed by atoms with Gasteiger partial charge in [0.1, 0.15) is 0 Å². The van der Waals surface area contributed by atoms with Crippen molar-refractivity contribution in [3.63, 3.8) is 0 Å². The number of hydrogen-bond acceptors (Lipinski definition) is 3. The van der Waals surface area contributed by atoms with Gasteiger partial charge in [0.2, 0.25) is 0 Å². The number of carboxylic acid groups (broad SMARTS) is 1. The molecule has 0 unspecified atom stereocenters. The maximum absolute atomic E-state index is 11.0. The average molecular weight is 229 g/mol. The molecule has 1 heterocycles. The van der Waals surface area contributed by atoms with Crippen LogP contribution in [0.2, 0.25) is 0 Å². The van der Waals surface area contributed by atoms with Gasteiger partial charge < -0.3 is 5.11 Å². The Kier molecular flexibility index (Phi) is 2.18. The first-order chi connectivity index (χ1) is 8.25. The minimum Gasteiger partial charge on any atom is -0.476 e. The Bertz CT molecular complexity index is 589. The molecule has 0 fully saturated rings. The van der Waals surface area contributed by atoms with Crippen LogP contribution in [0.25, 0.3) is 5.69 Å². The largest absolute Gasteiger partial charge is 0.476 e. The zero-order valence-electron chi connectivity index (χ0n) is 9.13. The number of carbonyl (C=O) groups is 1. The first-order valence-electron chi connectivity index (χ1n) is 5.52. The van der Waals surface area contributed by atoms with E-state index in [0.717, 1.165) is 18.5 Å². The van der Waals surface area contributed by atoms with Gasteiger partial charge in [0, 0.05) is 0 Å². The van der Waals surface area contributed by atoms with Crippen molar-refractivity contribution < 1.29 is 9.90 Å². The summed E-state index contributed by atoms with van der Waals surface area (Å²) in [6.07, 6.45) is 4.59. The second kappa shape index (κ2) is 3.69. The molecule has 0 aliphatic heterocycles. The number of aromatic carboxylic acids is 1. The molecule has 5 nitrogen and oxygen atoms in total. The Morgan fingerprint density at radius 2 is 2.12 bits per heavy atom. The Balaban J connectivity index is 2.09. The lowest BCUT2D eigenvalue weighted by atomic mass is 10.1. The molecule has 0 radical (unpaired) electrons. The molecule has 0 saturated heterocycles. The molecule has 0 amide bonds. The maximum atomic E-state index is 11.0. The maximum Gasteiger partial charge on any atom is 0.356 e. The molecule has 0 bridgehead atoms. The Labute approximate surface area is 97.7 Å². The van der Waals surface area contributed by atoms with Crippen LogP contribution in [0.15, 0.2) is 24.4 Å². The van der Waals surface area contributed by atoms with E-state index < -0.39 is 5.97 Å². The first-order valence-corrected chi connectivity index (χ1v) is 5.52. The van der Waals surface area contributed by atoms with Crippen LogP contribution in [0.1, 0.15) is 28.0 Å². The van der Waals surface area contributed by atoms with E-state index in [4.69, 9.17) is 5.11 Å². The van der Waals surface area contributed by atoms with Crippen LogP contribution in [-0.2, 0) is 12.8 Å². The van der Waals surface area contributed by atoms with Gasteiger partial charge in [-0.25, -0.2) is 9.48 Å². The summed E-state index contributed by atoms with van der Waals surface area (Å²) >= 11 is 0. The van der Waals surface area contributed by atoms with Crippen LogP contribution >= 0.6 is 0 Å². The molecule has 0 saturated carbocycles. The lowest BCUT2D eigenvalue weighted by molar-refractivity contribution is 0.0687. The highest BCUT2D eigenvalue weighted by molar-refractivity contribution is 5.85. The quantitative estimate of drug-likeness (QED) is 0.846. The van der Waals surface area contributed by atoms with E-state index in [9.17, 15) is 4.79 Å². The predicted molar refractivity (Wildman–Crippen MR) is 60.3 cm³/mol. The SMILES string of the molecule is O=C(O)c1cnnn1-c1ccc2c(c1)CCC2. The van der Waals surface area contributed by atoms with Crippen molar-refractivity contribution >= 4 is 5.97 Å². The topological polar surface area (TPSA) is 68.0 Å². The van der Waals surface area contributed by atoms with Gasteiger partial charge in [0.25, 0.3) is 0 Å². The van der Waals surface area contributed by atoms with Gasteiger partial charge in [-0.15, -0.1) is 5.10 Å². The molecule has 0 spiro atoms. The number of carboxylic acids is 1. The fraction of sp³-hybridized carbons (Fsp3) is 0.250. The summed E-state index contributed by atoms with van der Waals surface area (Å²) in [5.74, 6) is -1.02. The molecule has 1 N–H and O–H groups in total. The fourth-order valence-electron chi connectivity index (χ4n) is 2.26. The van der Waals surface area contributed by atoms with Crippen LogP contribution < -0.4 is 0 Å². The third kappa shape index (κ3) is 1.60. The van der Waals surface area contributed by atoms with E-state index in [1.165, 1.54) is 28.4 Å². The van der Waals surface area contributed by atoms with Crippen molar-refractivity contribution in [3.05, 3.63) is 41.2 Å². The lowest BCUT2D eigenvalue weighted by Gasteiger charge is -2.05. The minimum atomic E-state index is -1.02. The van der Waals surface area contributed by atoms with Gasteiger partial charge in [-0.1, -0.05) is 11.3 Å². The number of rotatable bonds is 2. The van der Waals surface area contributed by atoms with Crippen molar-refractivity contribution in [3.8, 4) is 5.69 Å². The zero-order valence-corrected chi connectivity index (χ0v) is 9.13. The second-order valence-corrected chi connectivity index (χ2v) is 4.14. The lowest BCUT2D eigenvalue weighted by Crippen LogP contribution is -2.08. The third-order valence-electron chi connectivity index (χ3n) is 3.10. The average Bonchev–Trinajstić information content (AvgIpc) is 2.96. The number of aryl methyl sites for hydroxylation is 2. The van der Waals surface area contributed by atoms with Crippen molar-refractivity contribution in [2.45, 2.75) is 19.3 Å². The molecular formula is C12H11N3O2. The monoisotopic (exact) mass is 229 g/mol. The van der Waals surface area contributed by atoms with E-state index >= 15 is 0 Å². The highest BCUT2D eigenvalue weighted by Crippen LogP contribution is 2.24. The normalized spacial score (nSPS) is 13.6. The fourth-order valence-corrected chi connectivity index (χ4v) is 2.26. The van der Waals surface area contributed by atoms with Gasteiger partial charge in [0.15, 0.2) is 5.69 Å². The molecule has 2 aromatic rings. The molecule has 1 aromatic carbocycles. The Morgan fingerprint density at radius 1 is 1.29 bits per heavy atom. The Morgan fingerprint density at radius 3 is 2.94 bits per heavy atom. The number of benzene rings is 1. The standard InChI is InChI=1S/C12H11N3O2/c16-12(17)11-7-13-14-15(11)10-5-4-8-2-1-3-9(8)6-10/h4-7H,1-3H2,(H,16,17). The van der Waals surface area contributed by atoms with Crippen molar-refractivity contribution in [1.82, 2.24) is 15.0 Å². The highest BCUT2D eigenvalue weighted by atomic mass is 16.4. The molecular weight excluding hydrogens is 218 g/mol. The van der Waals surface area contributed by atoms with Crippen LogP contribution in [0.3, 0.4) is 0 Å². The zero-order chi connectivity index (χ0) is 11.8. The van der Waals surface area contributed by atoms with Gasteiger partial charge >= 0.3 is 5.97 Å². The van der Waals surface area contributed by atoms with Gasteiger partial charge in [0.05, 0.1) is 11.9 Å². The summed E-state index contributed by atoms with van der Waals surface area (Å²) in [5, 5.41) is 16.5. The summed E-state index contributed by atoms with van der Waals surface area (Å²) in [4.78, 5) is 11.0. The van der Waals surface area contributed by atoms with Crippen LogP contribution in [-0.4, -0.2) is 26.1 Å². The summed E-state index contributed by atoms with van der Waals surface area (Å²) < 4.78 is 1.36. The Hall–Kier alpha value is -2.17. The second-order valence-electron chi connectivity index (χ2n) is 4.14. The van der Waals surface area contributed by atoms with Crippen molar-refractivity contribution in [1.29, 1.82) is 0 Å². The summed E-state index contributed by atoms with van der Waals surface area (Å²) in [5.41, 5.74) is 3.49. The number of nitrogens with zero attached hydrogens (tertiary/aromatic N) is 3. The third-order valence-corrected chi connectivity index (χ3v) is 3.10. The number of fused-ring (bicyclic) bond motifs is 1. The van der Waals surface area contributed by atoms with E-state index in [0.29, 0.717) is 0 Å². The van der Waals surface area contributed by atoms with E-state index in [2.05, 4.69) is 10.3 Å². The molecule has 1 aliphatic carbocycles. The van der Waals surface area contributed by atoms with Gasteiger partial charge in [-0.2, -0.15) is 0 Å². The number of aromatic nitrogens is 3.